The molecule has 0 spiro atoms. The van der Waals surface area contributed by atoms with Crippen LogP contribution in [-0.4, -0.2) is 20.3 Å². The molecule has 0 radical (unpaired) electrons. The van der Waals surface area contributed by atoms with Gasteiger partial charge in [-0.05, 0) is 32.6 Å². The van der Waals surface area contributed by atoms with Gasteiger partial charge in [-0.2, -0.15) is 8.42 Å². The number of rotatable bonds is 6. The Morgan fingerprint density at radius 3 is 2.08 bits per heavy atom. The van der Waals surface area contributed by atoms with Gasteiger partial charge in [0.05, 0.1) is 11.9 Å². The third kappa shape index (κ3) is 8.25. The van der Waals surface area contributed by atoms with Crippen molar-refractivity contribution in [1.29, 1.82) is 0 Å². The van der Waals surface area contributed by atoms with Crippen molar-refractivity contribution in [3.05, 3.63) is 0 Å². The minimum Gasteiger partial charge on any atom is -0.267 e. The molecule has 0 aromatic carbocycles. The van der Waals surface area contributed by atoms with Crippen molar-refractivity contribution >= 4 is 10.1 Å². The molecular weight excluding hydrogens is 188 g/mol. The van der Waals surface area contributed by atoms with Crippen molar-refractivity contribution in [3.63, 3.8) is 0 Å². The summed E-state index contributed by atoms with van der Waals surface area (Å²) in [5, 5.41) is 0. The second-order valence-corrected chi connectivity index (χ2v) is 5.66. The Labute approximate surface area is 81.6 Å². The van der Waals surface area contributed by atoms with Crippen LogP contribution >= 0.6 is 0 Å². The summed E-state index contributed by atoms with van der Waals surface area (Å²) in [5.41, 5.74) is 0. The molecule has 0 rings (SSSR count). The number of hydrogen-bond donors (Lipinski definition) is 0. The molecule has 80 valence electrons. The molecule has 0 N–H and O–H groups in total. The Kier molecular flexibility index (Phi) is 5.56. The van der Waals surface area contributed by atoms with Gasteiger partial charge in [-0.1, -0.05) is 13.8 Å². The van der Waals surface area contributed by atoms with Crippen LogP contribution in [-0.2, 0) is 14.3 Å². The van der Waals surface area contributed by atoms with Crippen LogP contribution in [0, 0.1) is 5.92 Å². The summed E-state index contributed by atoms with van der Waals surface area (Å²) in [7, 11) is -3.28. The first-order valence-corrected chi connectivity index (χ1v) is 6.32. The van der Waals surface area contributed by atoms with Crippen molar-refractivity contribution in [2.45, 2.75) is 46.6 Å². The Morgan fingerprint density at radius 2 is 1.69 bits per heavy atom. The predicted octanol–water partition coefficient (Wildman–Crippen LogP) is 2.18. The highest BCUT2D eigenvalue weighted by molar-refractivity contribution is 7.86. The fraction of sp³-hybridized carbons (Fsp3) is 1.00. The Balaban J connectivity index is 3.77. The van der Waals surface area contributed by atoms with E-state index < -0.39 is 10.1 Å². The van der Waals surface area contributed by atoms with E-state index in [1.54, 1.807) is 13.8 Å². The first-order valence-electron chi connectivity index (χ1n) is 4.74. The highest BCUT2D eigenvalue weighted by Crippen LogP contribution is 2.07. The van der Waals surface area contributed by atoms with Crippen LogP contribution in [0.2, 0.25) is 0 Å². The Hall–Kier alpha value is -0.0900. The Morgan fingerprint density at radius 1 is 1.15 bits per heavy atom. The Bertz CT molecular complexity index is 217. The molecular formula is C9H20O3S. The molecule has 0 heterocycles. The topological polar surface area (TPSA) is 43.4 Å². The molecule has 0 aliphatic heterocycles. The van der Waals surface area contributed by atoms with E-state index in [9.17, 15) is 8.42 Å². The van der Waals surface area contributed by atoms with Gasteiger partial charge in [0.15, 0.2) is 0 Å². The van der Waals surface area contributed by atoms with E-state index >= 15 is 0 Å². The predicted molar refractivity (Wildman–Crippen MR) is 54.1 cm³/mol. The fourth-order valence-corrected chi connectivity index (χ4v) is 2.21. The minimum absolute atomic E-state index is 0.142. The smallest absolute Gasteiger partial charge is 0.267 e. The highest BCUT2D eigenvalue weighted by atomic mass is 32.2. The molecule has 0 fully saturated rings. The van der Waals surface area contributed by atoms with Crippen molar-refractivity contribution in [3.8, 4) is 0 Å². The van der Waals surface area contributed by atoms with Crippen molar-refractivity contribution < 1.29 is 12.6 Å². The first kappa shape index (κ1) is 12.9. The maximum absolute atomic E-state index is 11.2. The van der Waals surface area contributed by atoms with Crippen LogP contribution in [0.1, 0.15) is 40.5 Å². The van der Waals surface area contributed by atoms with Gasteiger partial charge >= 0.3 is 0 Å². The lowest BCUT2D eigenvalue weighted by Crippen LogP contribution is -2.15. The van der Waals surface area contributed by atoms with Gasteiger partial charge in [-0.3, -0.25) is 4.18 Å². The molecule has 0 aliphatic rings. The lowest BCUT2D eigenvalue weighted by molar-refractivity contribution is 0.248. The normalized spacial score (nSPS) is 12.8. The summed E-state index contributed by atoms with van der Waals surface area (Å²) in [5.74, 6) is 0.692. The average molecular weight is 208 g/mol. The van der Waals surface area contributed by atoms with E-state index in [-0.39, 0.29) is 11.9 Å². The second-order valence-electron chi connectivity index (χ2n) is 3.94. The summed E-state index contributed by atoms with van der Waals surface area (Å²) >= 11 is 0. The van der Waals surface area contributed by atoms with Crippen LogP contribution in [0.5, 0.6) is 0 Å². The number of hydrogen-bond acceptors (Lipinski definition) is 3. The van der Waals surface area contributed by atoms with Crippen LogP contribution in [0.15, 0.2) is 0 Å². The van der Waals surface area contributed by atoms with Gasteiger partial charge in [0.2, 0.25) is 0 Å². The summed E-state index contributed by atoms with van der Waals surface area (Å²) in [4.78, 5) is 0. The van der Waals surface area contributed by atoms with E-state index in [2.05, 4.69) is 13.8 Å². The van der Waals surface area contributed by atoms with Gasteiger partial charge in [-0.15, -0.1) is 0 Å². The fourth-order valence-electron chi connectivity index (χ4n) is 1.01. The monoisotopic (exact) mass is 208 g/mol. The summed E-state index contributed by atoms with van der Waals surface area (Å²) in [6, 6.07) is 0. The van der Waals surface area contributed by atoms with Crippen molar-refractivity contribution in [2.24, 2.45) is 5.92 Å². The molecule has 13 heavy (non-hydrogen) atoms. The third-order valence-corrected chi connectivity index (χ3v) is 2.98. The summed E-state index contributed by atoms with van der Waals surface area (Å²) < 4.78 is 27.2. The van der Waals surface area contributed by atoms with Gasteiger partial charge in [0.1, 0.15) is 0 Å². The highest BCUT2D eigenvalue weighted by Gasteiger charge is 2.12. The molecule has 3 nitrogen and oxygen atoms in total. The zero-order chi connectivity index (χ0) is 10.5. The van der Waals surface area contributed by atoms with Crippen molar-refractivity contribution in [1.82, 2.24) is 0 Å². The van der Waals surface area contributed by atoms with Crippen molar-refractivity contribution in [2.75, 3.05) is 5.75 Å². The van der Waals surface area contributed by atoms with Crippen LogP contribution in [0.25, 0.3) is 0 Å². The van der Waals surface area contributed by atoms with E-state index in [1.807, 2.05) is 0 Å². The molecule has 0 bridgehead atoms. The lowest BCUT2D eigenvalue weighted by Gasteiger charge is -2.08. The minimum atomic E-state index is -3.28. The standard InChI is InChI=1S/C9H20O3S/c1-8(2)6-5-7-13(10,11)12-9(3)4/h8-9H,5-7H2,1-4H3. The van der Waals surface area contributed by atoms with Gasteiger partial charge in [0.25, 0.3) is 10.1 Å². The lowest BCUT2D eigenvalue weighted by atomic mass is 10.1. The summed E-state index contributed by atoms with van der Waals surface area (Å²) in [6.07, 6.45) is 1.37. The molecule has 0 saturated carbocycles. The molecule has 0 aromatic rings. The zero-order valence-corrected chi connectivity index (χ0v) is 9.73. The maximum atomic E-state index is 11.2. The third-order valence-electron chi connectivity index (χ3n) is 1.51. The van der Waals surface area contributed by atoms with Crippen LogP contribution in [0.4, 0.5) is 0 Å². The van der Waals surface area contributed by atoms with Gasteiger partial charge < -0.3 is 0 Å². The van der Waals surface area contributed by atoms with E-state index in [4.69, 9.17) is 4.18 Å². The molecule has 0 aromatic heterocycles. The quantitative estimate of drug-likeness (QED) is 0.628. The SMILES string of the molecule is CC(C)CCCS(=O)(=O)OC(C)C. The van der Waals surface area contributed by atoms with Gasteiger partial charge in [0, 0.05) is 0 Å². The van der Waals surface area contributed by atoms with E-state index in [0.29, 0.717) is 12.3 Å². The average Bonchev–Trinajstić information content (AvgIpc) is 1.81. The zero-order valence-electron chi connectivity index (χ0n) is 8.91. The molecule has 0 unspecified atom stereocenters. The molecule has 4 heteroatoms. The summed E-state index contributed by atoms with van der Waals surface area (Å²) in [6.45, 7) is 7.60. The maximum Gasteiger partial charge on any atom is 0.267 e. The molecule has 0 atom stereocenters. The largest absolute Gasteiger partial charge is 0.267 e. The van der Waals surface area contributed by atoms with Crippen LogP contribution in [0.3, 0.4) is 0 Å². The van der Waals surface area contributed by atoms with Crippen LogP contribution < -0.4 is 0 Å². The first-order chi connectivity index (χ1) is 5.83. The molecule has 0 aliphatic carbocycles. The second kappa shape index (κ2) is 5.60. The van der Waals surface area contributed by atoms with E-state index in [1.165, 1.54) is 0 Å². The van der Waals surface area contributed by atoms with Gasteiger partial charge in [-0.25, -0.2) is 0 Å². The molecule has 0 amide bonds. The van der Waals surface area contributed by atoms with E-state index in [0.717, 1.165) is 6.42 Å². The molecule has 0 saturated heterocycles.